The van der Waals surface area contributed by atoms with E-state index < -0.39 is 11.6 Å². The van der Waals surface area contributed by atoms with Crippen molar-refractivity contribution >= 4 is 0 Å². The van der Waals surface area contributed by atoms with Crippen molar-refractivity contribution in [2.75, 3.05) is 0 Å². The summed E-state index contributed by atoms with van der Waals surface area (Å²) in [5.41, 5.74) is 5.13. The predicted octanol–water partition coefficient (Wildman–Crippen LogP) is 0.197. The molecule has 1 rings (SSSR count). The third kappa shape index (κ3) is 1.54. The summed E-state index contributed by atoms with van der Waals surface area (Å²) in [6.07, 6.45) is 3.85. The number of rotatable bonds is 2. The fourth-order valence-corrected chi connectivity index (χ4v) is 0.794. The minimum absolute atomic E-state index is 0.310. The second kappa shape index (κ2) is 3.23. The molecular formula is C8H10N2O2. The summed E-state index contributed by atoms with van der Waals surface area (Å²) in [6.45, 7) is 3.48. The van der Waals surface area contributed by atoms with Gasteiger partial charge in [0.15, 0.2) is 5.75 Å². The highest BCUT2D eigenvalue weighted by molar-refractivity contribution is 5.15. The fourth-order valence-electron chi connectivity index (χ4n) is 0.794. The average molecular weight is 166 g/mol. The minimum Gasteiger partial charge on any atom is -0.503 e. The van der Waals surface area contributed by atoms with Gasteiger partial charge in [-0.1, -0.05) is 12.7 Å². The SMILES string of the molecule is C=CC(N)n1ccc(=O)c(O)c1. The molecule has 0 amide bonds. The molecule has 12 heavy (non-hydrogen) atoms. The first-order chi connectivity index (χ1) is 5.65. The lowest BCUT2D eigenvalue weighted by Gasteiger charge is -2.10. The highest BCUT2D eigenvalue weighted by atomic mass is 16.3. The predicted molar refractivity (Wildman–Crippen MR) is 45.8 cm³/mol. The van der Waals surface area contributed by atoms with E-state index in [1.165, 1.54) is 29.1 Å². The van der Waals surface area contributed by atoms with E-state index in [2.05, 4.69) is 6.58 Å². The second-order valence-electron chi connectivity index (χ2n) is 2.37. The standard InChI is InChI=1S/C8H10N2O2/c1-2-8(9)10-4-3-6(11)7(12)5-10/h2-5,8,12H,1,9H2. The molecule has 0 saturated heterocycles. The zero-order valence-electron chi connectivity index (χ0n) is 6.47. The van der Waals surface area contributed by atoms with Gasteiger partial charge in [-0.2, -0.15) is 0 Å². The van der Waals surface area contributed by atoms with E-state index in [0.29, 0.717) is 0 Å². The molecular weight excluding hydrogens is 156 g/mol. The Morgan fingerprint density at radius 2 is 2.42 bits per heavy atom. The van der Waals surface area contributed by atoms with Crippen molar-refractivity contribution in [2.45, 2.75) is 6.17 Å². The molecule has 1 unspecified atom stereocenters. The van der Waals surface area contributed by atoms with Crippen LogP contribution in [-0.4, -0.2) is 9.67 Å². The van der Waals surface area contributed by atoms with Crippen LogP contribution in [0.5, 0.6) is 5.75 Å². The highest BCUT2D eigenvalue weighted by Gasteiger charge is 2.00. The first-order valence-corrected chi connectivity index (χ1v) is 3.44. The van der Waals surface area contributed by atoms with Gasteiger partial charge >= 0.3 is 0 Å². The van der Waals surface area contributed by atoms with Gasteiger partial charge in [0.25, 0.3) is 0 Å². The Hall–Kier alpha value is -1.55. The second-order valence-corrected chi connectivity index (χ2v) is 2.37. The van der Waals surface area contributed by atoms with Gasteiger partial charge in [0.05, 0.1) is 12.4 Å². The van der Waals surface area contributed by atoms with Gasteiger partial charge in [-0.3, -0.25) is 4.79 Å². The largest absolute Gasteiger partial charge is 0.503 e. The summed E-state index contributed by atoms with van der Waals surface area (Å²) in [7, 11) is 0. The van der Waals surface area contributed by atoms with Gasteiger partial charge in [-0.25, -0.2) is 0 Å². The van der Waals surface area contributed by atoms with Crippen molar-refractivity contribution in [3.63, 3.8) is 0 Å². The molecule has 1 heterocycles. The molecule has 0 aliphatic rings. The molecule has 0 aromatic carbocycles. The lowest BCUT2D eigenvalue weighted by Crippen LogP contribution is -2.17. The zero-order valence-corrected chi connectivity index (χ0v) is 6.47. The molecule has 1 aromatic heterocycles. The normalized spacial score (nSPS) is 12.4. The Kier molecular flexibility index (Phi) is 2.30. The number of aromatic nitrogens is 1. The van der Waals surface area contributed by atoms with Crippen molar-refractivity contribution in [3.8, 4) is 5.75 Å². The Morgan fingerprint density at radius 3 is 2.92 bits per heavy atom. The van der Waals surface area contributed by atoms with Crippen LogP contribution in [-0.2, 0) is 0 Å². The average Bonchev–Trinajstić information content (AvgIpc) is 2.08. The Bertz CT molecular complexity index is 343. The van der Waals surface area contributed by atoms with Crippen molar-refractivity contribution < 1.29 is 5.11 Å². The molecule has 0 aliphatic carbocycles. The van der Waals surface area contributed by atoms with Crippen molar-refractivity contribution in [2.24, 2.45) is 5.73 Å². The Labute approximate surface area is 69.6 Å². The summed E-state index contributed by atoms with van der Waals surface area (Å²) in [5, 5.41) is 9.02. The number of hydrogen-bond donors (Lipinski definition) is 2. The summed E-state index contributed by atoms with van der Waals surface area (Å²) in [6, 6.07) is 1.25. The number of aromatic hydroxyl groups is 1. The zero-order chi connectivity index (χ0) is 9.14. The molecule has 4 nitrogen and oxygen atoms in total. The van der Waals surface area contributed by atoms with Gasteiger partial charge in [-0.15, -0.1) is 0 Å². The number of hydrogen-bond acceptors (Lipinski definition) is 3. The van der Waals surface area contributed by atoms with Crippen molar-refractivity contribution in [3.05, 3.63) is 41.3 Å². The number of nitrogens with two attached hydrogens (primary N) is 1. The monoisotopic (exact) mass is 166 g/mol. The number of nitrogens with zero attached hydrogens (tertiary/aromatic N) is 1. The molecule has 0 saturated carbocycles. The van der Waals surface area contributed by atoms with Gasteiger partial charge in [0.1, 0.15) is 0 Å². The summed E-state index contributed by atoms with van der Waals surface area (Å²) in [5.74, 6) is -0.310. The first-order valence-electron chi connectivity index (χ1n) is 3.44. The maximum absolute atomic E-state index is 10.8. The smallest absolute Gasteiger partial charge is 0.223 e. The van der Waals surface area contributed by atoms with Crippen LogP contribution in [0.25, 0.3) is 0 Å². The third-order valence-corrected chi connectivity index (χ3v) is 1.51. The van der Waals surface area contributed by atoms with Crippen LogP contribution < -0.4 is 11.2 Å². The van der Waals surface area contributed by atoms with Gasteiger partial charge in [-0.05, 0) is 0 Å². The lowest BCUT2D eigenvalue weighted by molar-refractivity contribution is 0.457. The Morgan fingerprint density at radius 1 is 1.75 bits per heavy atom. The maximum Gasteiger partial charge on any atom is 0.223 e. The molecule has 64 valence electrons. The number of pyridine rings is 1. The maximum atomic E-state index is 10.8. The van der Waals surface area contributed by atoms with Crippen LogP contribution in [0.1, 0.15) is 6.17 Å². The first kappa shape index (κ1) is 8.55. The van der Waals surface area contributed by atoms with E-state index in [9.17, 15) is 4.79 Å². The third-order valence-electron chi connectivity index (χ3n) is 1.51. The molecule has 0 aliphatic heterocycles. The van der Waals surface area contributed by atoms with E-state index in [1.54, 1.807) is 0 Å². The summed E-state index contributed by atoms with van der Waals surface area (Å²) >= 11 is 0. The lowest BCUT2D eigenvalue weighted by atomic mass is 10.4. The van der Waals surface area contributed by atoms with Crippen LogP contribution in [0.3, 0.4) is 0 Å². The summed E-state index contributed by atoms with van der Waals surface area (Å²) < 4.78 is 1.49. The van der Waals surface area contributed by atoms with Crippen LogP contribution in [0.15, 0.2) is 35.9 Å². The summed E-state index contributed by atoms with van der Waals surface area (Å²) in [4.78, 5) is 10.8. The van der Waals surface area contributed by atoms with Crippen LogP contribution >= 0.6 is 0 Å². The van der Waals surface area contributed by atoms with Crippen molar-refractivity contribution in [1.82, 2.24) is 4.57 Å². The van der Waals surface area contributed by atoms with Crippen LogP contribution in [0, 0.1) is 0 Å². The van der Waals surface area contributed by atoms with Crippen LogP contribution in [0.2, 0.25) is 0 Å². The molecule has 0 radical (unpaired) electrons. The topological polar surface area (TPSA) is 68.2 Å². The van der Waals surface area contributed by atoms with Gasteiger partial charge < -0.3 is 15.4 Å². The van der Waals surface area contributed by atoms with Crippen LogP contribution in [0.4, 0.5) is 0 Å². The highest BCUT2D eigenvalue weighted by Crippen LogP contribution is 2.03. The molecule has 1 atom stereocenters. The Balaban J connectivity index is 3.12. The quantitative estimate of drug-likeness (QED) is 0.616. The fraction of sp³-hybridized carbons (Fsp3) is 0.125. The molecule has 0 bridgehead atoms. The van der Waals surface area contributed by atoms with E-state index in [0.717, 1.165) is 0 Å². The van der Waals surface area contributed by atoms with Gasteiger partial charge in [0.2, 0.25) is 5.43 Å². The van der Waals surface area contributed by atoms with Gasteiger partial charge in [0, 0.05) is 12.3 Å². The minimum atomic E-state index is -0.420. The van der Waals surface area contributed by atoms with E-state index >= 15 is 0 Å². The van der Waals surface area contributed by atoms with E-state index in [-0.39, 0.29) is 5.75 Å². The van der Waals surface area contributed by atoms with E-state index in [4.69, 9.17) is 10.8 Å². The van der Waals surface area contributed by atoms with E-state index in [1.807, 2.05) is 0 Å². The van der Waals surface area contributed by atoms with Crippen molar-refractivity contribution in [1.29, 1.82) is 0 Å². The molecule has 0 spiro atoms. The molecule has 4 heteroatoms. The molecule has 3 N–H and O–H groups in total. The molecule has 1 aromatic rings. The molecule has 0 fully saturated rings.